The lowest BCUT2D eigenvalue weighted by Gasteiger charge is -2.43. The Bertz CT molecular complexity index is 222. The van der Waals surface area contributed by atoms with Gasteiger partial charge in [-0.1, -0.05) is 6.42 Å². The first-order valence-electron chi connectivity index (χ1n) is 6.61. The second-order valence-corrected chi connectivity index (χ2v) is 6.13. The van der Waals surface area contributed by atoms with Crippen LogP contribution < -0.4 is 0 Å². The summed E-state index contributed by atoms with van der Waals surface area (Å²) in [6, 6.07) is 0. The van der Waals surface area contributed by atoms with Gasteiger partial charge in [0.25, 0.3) is 0 Å². The molecule has 0 spiro atoms. The first-order chi connectivity index (χ1) is 7.63. The molecule has 1 N–H and O–H groups in total. The Morgan fingerprint density at radius 1 is 1.44 bits per heavy atom. The zero-order valence-electron chi connectivity index (χ0n) is 10.8. The molecule has 1 aliphatic carbocycles. The van der Waals surface area contributed by atoms with Gasteiger partial charge in [0.2, 0.25) is 0 Å². The average molecular weight is 226 g/mol. The fraction of sp³-hybridized carbons (Fsp3) is 1.00. The lowest BCUT2D eigenvalue weighted by atomic mass is 9.69. The van der Waals surface area contributed by atoms with E-state index >= 15 is 0 Å². The van der Waals surface area contributed by atoms with Gasteiger partial charge in [0, 0.05) is 31.7 Å². The zero-order chi connectivity index (χ0) is 11.6. The summed E-state index contributed by atoms with van der Waals surface area (Å²) in [6.07, 6.45) is 5.09. The van der Waals surface area contributed by atoms with Crippen LogP contribution in [0.1, 0.15) is 25.7 Å². The summed E-state index contributed by atoms with van der Waals surface area (Å²) in [4.78, 5) is 4.86. The van der Waals surface area contributed by atoms with Crippen molar-refractivity contribution in [3.63, 3.8) is 0 Å². The molecular formula is C13H26N2O. The van der Waals surface area contributed by atoms with Crippen LogP contribution in [0.25, 0.3) is 0 Å². The van der Waals surface area contributed by atoms with Crippen LogP contribution in [0.5, 0.6) is 0 Å². The van der Waals surface area contributed by atoms with E-state index in [0.29, 0.717) is 6.61 Å². The number of aliphatic hydroxyl groups excluding tert-OH is 1. The molecule has 0 radical (unpaired) electrons. The van der Waals surface area contributed by atoms with Crippen LogP contribution in [0.2, 0.25) is 0 Å². The molecule has 1 heterocycles. The molecule has 2 fully saturated rings. The topological polar surface area (TPSA) is 26.7 Å². The summed E-state index contributed by atoms with van der Waals surface area (Å²) in [5.41, 5.74) is 0.249. The summed E-state index contributed by atoms with van der Waals surface area (Å²) < 4.78 is 0. The molecule has 1 atom stereocenters. The molecule has 1 unspecified atom stereocenters. The lowest BCUT2D eigenvalue weighted by molar-refractivity contribution is 0.0115. The minimum absolute atomic E-state index is 0.249. The van der Waals surface area contributed by atoms with E-state index in [4.69, 9.17) is 0 Å². The Morgan fingerprint density at radius 2 is 2.19 bits per heavy atom. The second-order valence-electron chi connectivity index (χ2n) is 6.13. The van der Waals surface area contributed by atoms with Crippen molar-refractivity contribution < 1.29 is 5.11 Å². The van der Waals surface area contributed by atoms with Gasteiger partial charge in [0.1, 0.15) is 0 Å². The van der Waals surface area contributed by atoms with Crippen molar-refractivity contribution in [2.45, 2.75) is 25.7 Å². The first-order valence-corrected chi connectivity index (χ1v) is 6.61. The van der Waals surface area contributed by atoms with Gasteiger partial charge in [0.05, 0.1) is 0 Å². The second kappa shape index (κ2) is 5.03. The van der Waals surface area contributed by atoms with Gasteiger partial charge in [-0.05, 0) is 45.8 Å². The Kier molecular flexibility index (Phi) is 3.88. The van der Waals surface area contributed by atoms with Crippen LogP contribution in [0, 0.1) is 11.3 Å². The Labute approximate surface area is 99.4 Å². The van der Waals surface area contributed by atoms with Crippen LogP contribution in [-0.2, 0) is 0 Å². The van der Waals surface area contributed by atoms with Crippen LogP contribution in [-0.4, -0.2) is 61.8 Å². The third-order valence-corrected chi connectivity index (χ3v) is 4.41. The van der Waals surface area contributed by atoms with Crippen LogP contribution in [0.15, 0.2) is 0 Å². The van der Waals surface area contributed by atoms with E-state index in [1.165, 1.54) is 45.3 Å². The molecule has 3 heteroatoms. The molecule has 0 amide bonds. The highest BCUT2D eigenvalue weighted by Crippen LogP contribution is 2.40. The van der Waals surface area contributed by atoms with E-state index in [0.717, 1.165) is 12.5 Å². The Balaban J connectivity index is 1.73. The third-order valence-electron chi connectivity index (χ3n) is 4.41. The van der Waals surface area contributed by atoms with Crippen molar-refractivity contribution in [3.8, 4) is 0 Å². The van der Waals surface area contributed by atoms with E-state index in [9.17, 15) is 5.11 Å². The highest BCUT2D eigenvalue weighted by molar-refractivity contribution is 4.90. The summed E-state index contributed by atoms with van der Waals surface area (Å²) in [6.45, 7) is 5.16. The van der Waals surface area contributed by atoms with E-state index in [1.807, 2.05) is 0 Å². The van der Waals surface area contributed by atoms with E-state index in [2.05, 4.69) is 23.9 Å². The van der Waals surface area contributed by atoms with Crippen LogP contribution in [0.4, 0.5) is 0 Å². The molecule has 0 aromatic carbocycles. The molecule has 94 valence electrons. The molecule has 1 aliphatic heterocycles. The molecule has 3 nitrogen and oxygen atoms in total. The standard InChI is InChI=1S/C13H26N2O/c1-14-7-4-12(8-14)9-15(2)10-13(11-16)5-3-6-13/h12,16H,3-11H2,1-2H3. The number of likely N-dealkylation sites (tertiary alicyclic amines) is 1. The maximum atomic E-state index is 9.45. The SMILES string of the molecule is CN1CCC(CN(C)CC2(CO)CCC2)C1. The maximum absolute atomic E-state index is 9.45. The van der Waals surface area contributed by atoms with Crippen molar-refractivity contribution in [3.05, 3.63) is 0 Å². The number of aliphatic hydroxyl groups is 1. The predicted octanol–water partition coefficient (Wildman–Crippen LogP) is 1.03. The van der Waals surface area contributed by atoms with Crippen molar-refractivity contribution in [2.24, 2.45) is 11.3 Å². The summed E-state index contributed by atoms with van der Waals surface area (Å²) in [5, 5.41) is 9.45. The van der Waals surface area contributed by atoms with Gasteiger partial charge in [-0.3, -0.25) is 0 Å². The van der Waals surface area contributed by atoms with Crippen LogP contribution >= 0.6 is 0 Å². The maximum Gasteiger partial charge on any atom is 0.0499 e. The van der Waals surface area contributed by atoms with Gasteiger partial charge in [-0.25, -0.2) is 0 Å². The predicted molar refractivity (Wildman–Crippen MR) is 66.5 cm³/mol. The zero-order valence-corrected chi connectivity index (χ0v) is 10.8. The summed E-state index contributed by atoms with van der Waals surface area (Å²) in [5.74, 6) is 0.839. The highest BCUT2D eigenvalue weighted by atomic mass is 16.3. The van der Waals surface area contributed by atoms with Crippen LogP contribution in [0.3, 0.4) is 0 Å². The normalized spacial score (nSPS) is 29.6. The van der Waals surface area contributed by atoms with Gasteiger partial charge in [0.15, 0.2) is 0 Å². The van der Waals surface area contributed by atoms with Crippen molar-refractivity contribution in [2.75, 3.05) is 46.9 Å². The number of rotatable bonds is 5. The number of hydrogen-bond donors (Lipinski definition) is 1. The molecule has 0 aromatic rings. The monoisotopic (exact) mass is 226 g/mol. The number of hydrogen-bond acceptors (Lipinski definition) is 3. The smallest absolute Gasteiger partial charge is 0.0499 e. The average Bonchev–Trinajstić information content (AvgIpc) is 2.57. The Hall–Kier alpha value is -0.120. The molecule has 1 saturated heterocycles. The van der Waals surface area contributed by atoms with Gasteiger partial charge in [-0.15, -0.1) is 0 Å². The fourth-order valence-electron chi connectivity index (χ4n) is 3.30. The third kappa shape index (κ3) is 2.76. The Morgan fingerprint density at radius 3 is 2.62 bits per heavy atom. The summed E-state index contributed by atoms with van der Waals surface area (Å²) >= 11 is 0. The highest BCUT2D eigenvalue weighted by Gasteiger charge is 2.37. The van der Waals surface area contributed by atoms with Gasteiger partial charge in [-0.2, -0.15) is 0 Å². The first kappa shape index (κ1) is 12.3. The van der Waals surface area contributed by atoms with Crippen molar-refractivity contribution in [1.29, 1.82) is 0 Å². The van der Waals surface area contributed by atoms with Crippen molar-refractivity contribution in [1.82, 2.24) is 9.80 Å². The lowest BCUT2D eigenvalue weighted by Crippen LogP contribution is -2.44. The summed E-state index contributed by atoms with van der Waals surface area (Å²) in [7, 11) is 4.43. The minimum atomic E-state index is 0.249. The largest absolute Gasteiger partial charge is 0.396 e. The van der Waals surface area contributed by atoms with E-state index in [-0.39, 0.29) is 5.41 Å². The quantitative estimate of drug-likeness (QED) is 0.758. The number of nitrogens with zero attached hydrogens (tertiary/aromatic N) is 2. The molecule has 16 heavy (non-hydrogen) atoms. The van der Waals surface area contributed by atoms with Crippen molar-refractivity contribution >= 4 is 0 Å². The molecular weight excluding hydrogens is 200 g/mol. The minimum Gasteiger partial charge on any atom is -0.396 e. The van der Waals surface area contributed by atoms with E-state index < -0.39 is 0 Å². The van der Waals surface area contributed by atoms with E-state index in [1.54, 1.807) is 0 Å². The van der Waals surface area contributed by atoms with Gasteiger partial charge >= 0.3 is 0 Å². The fourth-order valence-corrected chi connectivity index (χ4v) is 3.30. The van der Waals surface area contributed by atoms with Gasteiger partial charge < -0.3 is 14.9 Å². The molecule has 2 rings (SSSR count). The molecule has 0 bridgehead atoms. The molecule has 2 aliphatic rings. The molecule has 1 saturated carbocycles. The molecule has 0 aromatic heterocycles.